The maximum absolute atomic E-state index is 12.0. The minimum Gasteiger partial charge on any atom is -0.358 e. The Morgan fingerprint density at radius 3 is 2.62 bits per heavy atom. The van der Waals surface area contributed by atoms with Crippen LogP contribution in [0.15, 0.2) is 28.7 Å². The molecule has 114 valence electrons. The highest BCUT2D eigenvalue weighted by Crippen LogP contribution is 2.18. The van der Waals surface area contributed by atoms with E-state index >= 15 is 0 Å². The minimum absolute atomic E-state index is 0.00607. The fourth-order valence-electron chi connectivity index (χ4n) is 2.24. The van der Waals surface area contributed by atoms with Crippen LogP contribution in [0.25, 0.3) is 0 Å². The van der Waals surface area contributed by atoms with E-state index in [1.807, 2.05) is 31.2 Å². The Morgan fingerprint density at radius 1 is 1.38 bits per heavy atom. The number of thioether (sulfide) groups is 1. The van der Waals surface area contributed by atoms with Crippen molar-refractivity contribution in [2.75, 3.05) is 18.8 Å². The van der Waals surface area contributed by atoms with Crippen LogP contribution in [0.2, 0.25) is 0 Å². The molecule has 0 saturated carbocycles. The Labute approximate surface area is 144 Å². The lowest BCUT2D eigenvalue weighted by Crippen LogP contribution is -2.30. The van der Waals surface area contributed by atoms with Crippen molar-refractivity contribution in [3.8, 4) is 0 Å². The Bertz CT molecular complexity index is 501. The van der Waals surface area contributed by atoms with Gasteiger partial charge in [0.05, 0.1) is 11.8 Å². The first kappa shape index (κ1) is 16.8. The molecule has 3 nitrogen and oxygen atoms in total. The third-order valence-electron chi connectivity index (χ3n) is 3.44. The number of hydrogen-bond donors (Lipinski definition) is 1. The molecule has 1 unspecified atom stereocenters. The van der Waals surface area contributed by atoms with E-state index < -0.39 is 0 Å². The van der Waals surface area contributed by atoms with Crippen molar-refractivity contribution in [1.82, 2.24) is 10.2 Å². The van der Waals surface area contributed by atoms with Crippen LogP contribution in [-0.2, 0) is 4.79 Å². The van der Waals surface area contributed by atoms with E-state index in [0.29, 0.717) is 5.75 Å². The number of halogens is 1. The third-order valence-corrected chi connectivity index (χ3v) is 5.49. The number of rotatable bonds is 4. The topological polar surface area (TPSA) is 32.3 Å². The van der Waals surface area contributed by atoms with E-state index in [1.54, 1.807) is 0 Å². The number of benzene rings is 1. The van der Waals surface area contributed by atoms with Crippen LogP contribution < -0.4 is 5.32 Å². The number of thiocarbonyl (C=S) groups is 1. The molecule has 1 heterocycles. The van der Waals surface area contributed by atoms with Crippen LogP contribution in [0.4, 0.5) is 0 Å². The van der Waals surface area contributed by atoms with E-state index in [4.69, 9.17) is 12.2 Å². The van der Waals surface area contributed by atoms with Crippen molar-refractivity contribution in [3.63, 3.8) is 0 Å². The summed E-state index contributed by atoms with van der Waals surface area (Å²) in [5.74, 6) is 0.410. The molecule has 1 aliphatic rings. The average molecular weight is 387 g/mol. The molecule has 0 aromatic heterocycles. The summed E-state index contributed by atoms with van der Waals surface area (Å²) in [6, 6.07) is 7.99. The van der Waals surface area contributed by atoms with Gasteiger partial charge in [-0.2, -0.15) is 0 Å². The van der Waals surface area contributed by atoms with E-state index in [1.165, 1.54) is 24.6 Å². The van der Waals surface area contributed by atoms with Crippen molar-refractivity contribution in [2.45, 2.75) is 25.8 Å². The highest BCUT2D eigenvalue weighted by atomic mass is 79.9. The second-order valence-corrected chi connectivity index (χ2v) is 7.61. The number of carbonyl (C=O) groups excluding carboxylic acids is 1. The first-order valence-corrected chi connectivity index (χ1v) is 9.21. The summed E-state index contributed by atoms with van der Waals surface area (Å²) >= 11 is 10.2. The lowest BCUT2D eigenvalue weighted by Gasteiger charge is -2.18. The van der Waals surface area contributed by atoms with E-state index in [-0.39, 0.29) is 11.9 Å². The average Bonchev–Trinajstić information content (AvgIpc) is 2.99. The first-order chi connectivity index (χ1) is 10.1. The monoisotopic (exact) mass is 386 g/mol. The van der Waals surface area contributed by atoms with Gasteiger partial charge < -0.3 is 10.2 Å². The number of nitrogens with one attached hydrogen (secondary N) is 1. The molecule has 1 N–H and O–H groups in total. The van der Waals surface area contributed by atoms with Crippen LogP contribution in [0.5, 0.6) is 0 Å². The highest BCUT2D eigenvalue weighted by Gasteiger charge is 2.17. The van der Waals surface area contributed by atoms with Crippen LogP contribution in [0.1, 0.15) is 31.4 Å². The summed E-state index contributed by atoms with van der Waals surface area (Å²) in [5.41, 5.74) is 1.10. The molecule has 1 amide bonds. The number of nitrogens with zero attached hydrogens (tertiary/aromatic N) is 1. The quantitative estimate of drug-likeness (QED) is 0.798. The minimum atomic E-state index is 0.00607. The molecule has 21 heavy (non-hydrogen) atoms. The van der Waals surface area contributed by atoms with E-state index in [0.717, 1.165) is 27.4 Å². The standard InChI is InChI=1S/C15H19BrN2OS2/c1-11(12-4-6-13(16)7-5-12)17-14(19)10-21-15(20)18-8-2-3-9-18/h4-7,11H,2-3,8-10H2,1H3,(H,17,19). The second kappa shape index (κ2) is 8.15. The zero-order chi connectivity index (χ0) is 15.2. The molecule has 1 fully saturated rings. The van der Waals surface area contributed by atoms with Gasteiger partial charge in [0.25, 0.3) is 0 Å². The largest absolute Gasteiger partial charge is 0.358 e. The molecule has 0 bridgehead atoms. The van der Waals surface area contributed by atoms with Crippen molar-refractivity contribution >= 4 is 50.1 Å². The zero-order valence-electron chi connectivity index (χ0n) is 12.0. The van der Waals surface area contributed by atoms with Gasteiger partial charge in [-0.05, 0) is 37.5 Å². The summed E-state index contributed by atoms with van der Waals surface area (Å²) < 4.78 is 1.88. The normalized spacial score (nSPS) is 15.8. The number of hydrogen-bond acceptors (Lipinski definition) is 3. The summed E-state index contributed by atoms with van der Waals surface area (Å²) in [7, 11) is 0. The molecule has 0 spiro atoms. The predicted molar refractivity (Wildman–Crippen MR) is 96.6 cm³/mol. The molecule has 1 saturated heterocycles. The van der Waals surface area contributed by atoms with E-state index in [9.17, 15) is 4.79 Å². The van der Waals surface area contributed by atoms with Gasteiger partial charge in [-0.3, -0.25) is 4.79 Å². The van der Waals surface area contributed by atoms with Gasteiger partial charge in [-0.25, -0.2) is 0 Å². The van der Waals surface area contributed by atoms with Gasteiger partial charge in [0.1, 0.15) is 4.32 Å². The van der Waals surface area contributed by atoms with Crippen LogP contribution in [0, 0.1) is 0 Å². The molecule has 0 aliphatic carbocycles. The van der Waals surface area contributed by atoms with Crippen molar-refractivity contribution < 1.29 is 4.79 Å². The Balaban J connectivity index is 1.75. The number of likely N-dealkylation sites (tertiary alicyclic amines) is 1. The van der Waals surface area contributed by atoms with E-state index in [2.05, 4.69) is 26.1 Å². The molecule has 6 heteroatoms. The SMILES string of the molecule is CC(NC(=O)CSC(=S)N1CCCC1)c1ccc(Br)cc1. The van der Waals surface area contributed by atoms with Crippen LogP contribution in [0.3, 0.4) is 0 Å². The summed E-state index contributed by atoms with van der Waals surface area (Å²) in [4.78, 5) is 14.2. The summed E-state index contributed by atoms with van der Waals surface area (Å²) in [6.45, 7) is 4.05. The molecule has 2 rings (SSSR count). The van der Waals surface area contributed by atoms with Gasteiger partial charge in [-0.15, -0.1) is 0 Å². The van der Waals surface area contributed by atoms with Gasteiger partial charge in [0, 0.05) is 17.6 Å². The van der Waals surface area contributed by atoms with Crippen molar-refractivity contribution in [2.24, 2.45) is 0 Å². The molecular formula is C15H19BrN2OS2. The fraction of sp³-hybridized carbons (Fsp3) is 0.467. The highest BCUT2D eigenvalue weighted by molar-refractivity contribution is 9.10. The Hall–Kier alpha value is -0.590. The van der Waals surface area contributed by atoms with Crippen LogP contribution in [-0.4, -0.2) is 34.0 Å². The Kier molecular flexibility index (Phi) is 6.51. The molecule has 1 aliphatic heterocycles. The smallest absolute Gasteiger partial charge is 0.230 e. The van der Waals surface area contributed by atoms with Gasteiger partial charge in [-0.1, -0.05) is 52.0 Å². The zero-order valence-corrected chi connectivity index (χ0v) is 15.2. The molecule has 1 aromatic rings. The Morgan fingerprint density at radius 2 is 2.00 bits per heavy atom. The fourth-order valence-corrected chi connectivity index (χ4v) is 3.56. The molecule has 0 radical (unpaired) electrons. The predicted octanol–water partition coefficient (Wildman–Crippen LogP) is 3.74. The number of carbonyl (C=O) groups is 1. The lowest BCUT2D eigenvalue weighted by atomic mass is 10.1. The summed E-state index contributed by atoms with van der Waals surface area (Å²) in [6.07, 6.45) is 2.40. The maximum Gasteiger partial charge on any atom is 0.230 e. The first-order valence-electron chi connectivity index (χ1n) is 7.03. The maximum atomic E-state index is 12.0. The van der Waals surface area contributed by atoms with Gasteiger partial charge in [0.2, 0.25) is 5.91 Å². The number of amides is 1. The third kappa shape index (κ3) is 5.27. The molecule has 1 aromatic carbocycles. The second-order valence-electron chi connectivity index (χ2n) is 5.09. The van der Waals surface area contributed by atoms with Gasteiger partial charge in [0.15, 0.2) is 0 Å². The summed E-state index contributed by atoms with van der Waals surface area (Å²) in [5, 5.41) is 3.01. The van der Waals surface area contributed by atoms with Gasteiger partial charge >= 0.3 is 0 Å². The molecular weight excluding hydrogens is 368 g/mol. The van der Waals surface area contributed by atoms with Crippen LogP contribution >= 0.6 is 39.9 Å². The van der Waals surface area contributed by atoms with Crippen molar-refractivity contribution in [3.05, 3.63) is 34.3 Å². The lowest BCUT2D eigenvalue weighted by molar-refractivity contribution is -0.119. The van der Waals surface area contributed by atoms with Crippen molar-refractivity contribution in [1.29, 1.82) is 0 Å². The molecule has 1 atom stereocenters.